The quantitative estimate of drug-likeness (QED) is 0.223. The number of hydrogen-bond donors (Lipinski definition) is 3. The molecule has 116 valence electrons. The predicted molar refractivity (Wildman–Crippen MR) is 80.9 cm³/mol. The molecule has 0 radical (unpaired) electrons. The highest BCUT2D eigenvalue weighted by atomic mass is 16.3. The van der Waals surface area contributed by atoms with Crippen molar-refractivity contribution in [2.45, 2.75) is 25.3 Å². The van der Waals surface area contributed by atoms with Crippen LogP contribution in [-0.4, -0.2) is 40.1 Å². The van der Waals surface area contributed by atoms with E-state index in [1.165, 1.54) is 6.08 Å². The number of nitrogens with zero attached hydrogens (tertiary/aromatic N) is 2. The van der Waals surface area contributed by atoms with Crippen LogP contribution in [0.5, 0.6) is 0 Å². The van der Waals surface area contributed by atoms with E-state index < -0.39 is 11.9 Å². The van der Waals surface area contributed by atoms with Crippen LogP contribution >= 0.6 is 0 Å². The zero-order valence-corrected chi connectivity index (χ0v) is 12.0. The maximum Gasteiger partial charge on any atom is 0.268 e. The first-order valence-corrected chi connectivity index (χ1v) is 7.03. The van der Waals surface area contributed by atoms with Gasteiger partial charge in [0, 0.05) is 24.6 Å². The van der Waals surface area contributed by atoms with Gasteiger partial charge in [-0.2, -0.15) is 0 Å². The van der Waals surface area contributed by atoms with Gasteiger partial charge in [0.15, 0.2) is 5.78 Å². The summed E-state index contributed by atoms with van der Waals surface area (Å²) in [7, 11) is 0. The molecule has 2 rings (SSSR count). The van der Waals surface area contributed by atoms with E-state index in [-0.39, 0.29) is 18.0 Å². The van der Waals surface area contributed by atoms with Gasteiger partial charge >= 0.3 is 0 Å². The van der Waals surface area contributed by atoms with Crippen LogP contribution in [0.15, 0.2) is 41.2 Å². The predicted octanol–water partition coefficient (Wildman–Crippen LogP) is -0.0991. The smallest absolute Gasteiger partial charge is 0.268 e. The van der Waals surface area contributed by atoms with Gasteiger partial charge < -0.3 is 5.11 Å². The summed E-state index contributed by atoms with van der Waals surface area (Å²) in [6.07, 6.45) is 6.40. The van der Waals surface area contributed by atoms with Crippen LogP contribution in [0, 0.1) is 0 Å². The van der Waals surface area contributed by atoms with Crippen LogP contribution in [-0.2, 0) is 9.59 Å². The summed E-state index contributed by atoms with van der Waals surface area (Å²) >= 11 is 0. The molecule has 4 N–H and O–H groups in total. The molecule has 1 aliphatic heterocycles. The molecule has 0 spiro atoms. The molecule has 1 aromatic rings. The van der Waals surface area contributed by atoms with Crippen LogP contribution in [0.1, 0.15) is 24.8 Å². The van der Waals surface area contributed by atoms with Crippen LogP contribution in [0.3, 0.4) is 0 Å². The Balaban J connectivity index is 2.32. The highest BCUT2D eigenvalue weighted by Crippen LogP contribution is 2.19. The lowest BCUT2D eigenvalue weighted by Crippen LogP contribution is -2.39. The molecule has 22 heavy (non-hydrogen) atoms. The number of aliphatic imine (C=N–C) groups is 1. The Morgan fingerprint density at radius 3 is 2.68 bits per heavy atom. The highest BCUT2D eigenvalue weighted by Gasteiger charge is 2.30. The number of allylic oxidation sites excluding steroid dienone is 1. The number of hydrogen-bond acceptors (Lipinski definition) is 6. The Morgan fingerprint density at radius 2 is 2.05 bits per heavy atom. The number of carbonyl (C=O) groups excluding carboxylic acids is 2. The van der Waals surface area contributed by atoms with Crippen molar-refractivity contribution in [1.82, 2.24) is 10.4 Å². The monoisotopic (exact) mass is 302 g/mol. The van der Waals surface area contributed by atoms with E-state index in [0.29, 0.717) is 25.0 Å². The summed E-state index contributed by atoms with van der Waals surface area (Å²) in [6, 6.07) is 2.88. The third kappa shape index (κ3) is 3.63. The third-order valence-corrected chi connectivity index (χ3v) is 3.38. The SMILES string of the molecule is NNC(=O)C1=CC(c2ccncc2)=NC(CCCCO)C1=O. The number of carbonyl (C=O) groups is 2. The number of aliphatic hydroxyl groups is 1. The number of nitrogens with two attached hydrogens (primary N) is 1. The lowest BCUT2D eigenvalue weighted by molar-refractivity contribution is -0.123. The number of aromatic nitrogens is 1. The Labute approximate surface area is 127 Å². The largest absolute Gasteiger partial charge is 0.396 e. The normalized spacial score (nSPS) is 17.7. The third-order valence-electron chi connectivity index (χ3n) is 3.38. The van der Waals surface area contributed by atoms with Gasteiger partial charge in [0.25, 0.3) is 5.91 Å². The van der Waals surface area contributed by atoms with Crippen molar-refractivity contribution < 1.29 is 14.7 Å². The summed E-state index contributed by atoms with van der Waals surface area (Å²) in [5.74, 6) is 4.17. The minimum atomic E-state index is -0.632. The fourth-order valence-corrected chi connectivity index (χ4v) is 2.23. The van der Waals surface area contributed by atoms with Crippen molar-refractivity contribution in [1.29, 1.82) is 0 Å². The van der Waals surface area contributed by atoms with Gasteiger partial charge in [-0.1, -0.05) is 0 Å². The van der Waals surface area contributed by atoms with Crippen molar-refractivity contribution in [3.05, 3.63) is 41.7 Å². The minimum Gasteiger partial charge on any atom is -0.396 e. The van der Waals surface area contributed by atoms with Crippen LogP contribution < -0.4 is 11.3 Å². The van der Waals surface area contributed by atoms with E-state index in [9.17, 15) is 9.59 Å². The first kappa shape index (κ1) is 16.0. The molecule has 0 aliphatic carbocycles. The number of amides is 1. The Morgan fingerprint density at radius 1 is 1.32 bits per heavy atom. The topological polar surface area (TPSA) is 118 Å². The minimum absolute atomic E-state index is 0.00156. The van der Waals surface area contributed by atoms with Crippen molar-refractivity contribution in [2.24, 2.45) is 10.8 Å². The maximum absolute atomic E-state index is 12.3. The number of nitrogens with one attached hydrogen (secondary N) is 1. The summed E-state index contributed by atoms with van der Waals surface area (Å²) in [4.78, 5) is 32.5. The Bertz CT molecular complexity index is 610. The summed E-state index contributed by atoms with van der Waals surface area (Å²) in [6.45, 7) is 0.0633. The standard InChI is InChI=1S/C15H18N4O3/c16-19-15(22)11-9-13(10-4-6-17-7-5-10)18-12(14(11)21)3-1-2-8-20/h4-7,9,12,20H,1-3,8,16H2,(H,19,22). The summed E-state index contributed by atoms with van der Waals surface area (Å²) in [5, 5.41) is 8.85. The average molecular weight is 302 g/mol. The van der Waals surface area contributed by atoms with E-state index in [2.05, 4.69) is 9.98 Å². The van der Waals surface area contributed by atoms with E-state index in [1.54, 1.807) is 24.5 Å². The molecule has 7 heteroatoms. The molecule has 0 aromatic carbocycles. The lowest BCUT2D eigenvalue weighted by Gasteiger charge is -2.19. The zero-order valence-electron chi connectivity index (χ0n) is 12.0. The number of pyridine rings is 1. The molecule has 2 heterocycles. The van der Waals surface area contributed by atoms with Gasteiger partial charge in [0.1, 0.15) is 6.04 Å². The van der Waals surface area contributed by atoms with Crippen molar-refractivity contribution >= 4 is 17.4 Å². The molecule has 1 atom stereocenters. The number of dihydropyridines is 1. The first-order chi connectivity index (χ1) is 10.7. The number of ketones is 1. The van der Waals surface area contributed by atoms with E-state index >= 15 is 0 Å². The zero-order chi connectivity index (χ0) is 15.9. The first-order valence-electron chi connectivity index (χ1n) is 7.03. The lowest BCUT2D eigenvalue weighted by atomic mass is 9.93. The molecule has 0 saturated carbocycles. The molecule has 7 nitrogen and oxygen atoms in total. The highest BCUT2D eigenvalue weighted by molar-refractivity contribution is 6.28. The molecule has 1 aliphatic rings. The fraction of sp³-hybridized carbons (Fsp3) is 0.333. The van der Waals surface area contributed by atoms with Gasteiger partial charge in [-0.3, -0.25) is 25.0 Å². The van der Waals surface area contributed by atoms with Crippen LogP contribution in [0.2, 0.25) is 0 Å². The Kier molecular flexibility index (Phi) is 5.51. The van der Waals surface area contributed by atoms with Crippen molar-refractivity contribution in [3.8, 4) is 0 Å². The van der Waals surface area contributed by atoms with E-state index in [4.69, 9.17) is 10.9 Å². The molecule has 0 fully saturated rings. The molecule has 0 saturated heterocycles. The maximum atomic E-state index is 12.3. The second kappa shape index (κ2) is 7.58. The van der Waals surface area contributed by atoms with Gasteiger partial charge in [0.05, 0.1) is 11.3 Å². The second-order valence-electron chi connectivity index (χ2n) is 4.88. The molecule has 0 bridgehead atoms. The van der Waals surface area contributed by atoms with Gasteiger partial charge in [0.2, 0.25) is 0 Å². The summed E-state index contributed by atoms with van der Waals surface area (Å²) in [5.41, 5.74) is 3.31. The average Bonchev–Trinajstić information content (AvgIpc) is 2.56. The number of Topliss-reactive ketones (excluding diaryl/α,β-unsaturated/α-hetero) is 1. The van der Waals surface area contributed by atoms with E-state index in [0.717, 1.165) is 5.56 Å². The molecule has 1 aromatic heterocycles. The molecular weight excluding hydrogens is 284 g/mol. The number of rotatable bonds is 6. The Hall–Kier alpha value is -2.38. The number of unbranched alkanes of at least 4 members (excludes halogenated alkanes) is 1. The number of aliphatic hydroxyl groups excluding tert-OH is 1. The van der Waals surface area contributed by atoms with Crippen LogP contribution in [0.4, 0.5) is 0 Å². The number of hydrazine groups is 1. The van der Waals surface area contributed by atoms with E-state index in [1.807, 2.05) is 5.43 Å². The van der Waals surface area contributed by atoms with Crippen molar-refractivity contribution in [3.63, 3.8) is 0 Å². The van der Waals surface area contributed by atoms with Gasteiger partial charge in [-0.05, 0) is 37.5 Å². The van der Waals surface area contributed by atoms with Crippen molar-refractivity contribution in [2.75, 3.05) is 6.61 Å². The summed E-state index contributed by atoms with van der Waals surface area (Å²) < 4.78 is 0. The van der Waals surface area contributed by atoms with Crippen LogP contribution in [0.25, 0.3) is 0 Å². The van der Waals surface area contributed by atoms with Gasteiger partial charge in [-0.25, -0.2) is 5.84 Å². The van der Waals surface area contributed by atoms with Gasteiger partial charge in [-0.15, -0.1) is 0 Å². The molecule has 1 amide bonds. The second-order valence-corrected chi connectivity index (χ2v) is 4.88. The molecular formula is C15H18N4O3. The molecule has 1 unspecified atom stereocenters. The fourth-order valence-electron chi connectivity index (χ4n) is 2.23.